The van der Waals surface area contributed by atoms with Gasteiger partial charge in [-0.15, -0.1) is 35.7 Å². The highest BCUT2D eigenvalue weighted by molar-refractivity contribution is 14.0. The summed E-state index contributed by atoms with van der Waals surface area (Å²) in [5, 5.41) is 3.44. The zero-order valence-electron chi connectivity index (χ0n) is 16.1. The zero-order valence-corrected chi connectivity index (χ0v) is 19.3. The van der Waals surface area contributed by atoms with Crippen LogP contribution in [0.5, 0.6) is 0 Å². The Morgan fingerprint density at radius 2 is 2.04 bits per heavy atom. The van der Waals surface area contributed by atoms with E-state index in [0.717, 1.165) is 70.4 Å². The Balaban J connectivity index is 0.00000261. The second-order valence-electron chi connectivity index (χ2n) is 6.66. The normalized spacial score (nSPS) is 23.1. The molecule has 1 N–H and O–H groups in total. The van der Waals surface area contributed by atoms with E-state index in [1.165, 1.54) is 4.90 Å². The molecule has 5 nitrogen and oxygen atoms in total. The number of thioether (sulfide) groups is 1. The van der Waals surface area contributed by atoms with Crippen molar-refractivity contribution in [2.45, 2.75) is 43.3 Å². The van der Waals surface area contributed by atoms with Crippen LogP contribution in [0.2, 0.25) is 0 Å². The lowest BCUT2D eigenvalue weighted by molar-refractivity contribution is -0.0817. The molecule has 0 spiro atoms. The van der Waals surface area contributed by atoms with E-state index in [2.05, 4.69) is 47.5 Å². The molecule has 152 valence electrons. The van der Waals surface area contributed by atoms with Gasteiger partial charge in [0.05, 0.1) is 12.7 Å². The SMILES string of the molecule is CCNC(=NCCCSc1ccccc1)N1CCOC(C2CCCO2)C1.I. The molecule has 2 aliphatic rings. The Morgan fingerprint density at radius 3 is 2.78 bits per heavy atom. The summed E-state index contributed by atoms with van der Waals surface area (Å²) < 4.78 is 11.8. The lowest BCUT2D eigenvalue weighted by atomic mass is 10.1. The first-order chi connectivity index (χ1) is 12.9. The summed E-state index contributed by atoms with van der Waals surface area (Å²) in [6, 6.07) is 10.6. The van der Waals surface area contributed by atoms with Crippen LogP contribution in [0.25, 0.3) is 0 Å². The molecule has 2 unspecified atom stereocenters. The minimum atomic E-state index is 0. The third-order valence-corrected chi connectivity index (χ3v) is 5.78. The molecule has 2 fully saturated rings. The van der Waals surface area contributed by atoms with Crippen molar-refractivity contribution < 1.29 is 9.47 Å². The Bertz CT molecular complexity index is 555. The van der Waals surface area contributed by atoms with Crippen molar-refractivity contribution in [3.05, 3.63) is 30.3 Å². The van der Waals surface area contributed by atoms with Gasteiger partial charge in [0.2, 0.25) is 0 Å². The fourth-order valence-electron chi connectivity index (χ4n) is 3.37. The van der Waals surface area contributed by atoms with E-state index in [4.69, 9.17) is 14.5 Å². The molecule has 27 heavy (non-hydrogen) atoms. The van der Waals surface area contributed by atoms with Crippen LogP contribution in [-0.4, -0.2) is 68.2 Å². The molecule has 2 atom stereocenters. The van der Waals surface area contributed by atoms with Gasteiger partial charge in [-0.05, 0) is 44.1 Å². The predicted molar refractivity (Wildman–Crippen MR) is 123 cm³/mol. The van der Waals surface area contributed by atoms with E-state index >= 15 is 0 Å². The van der Waals surface area contributed by atoms with E-state index in [1.807, 2.05) is 11.8 Å². The van der Waals surface area contributed by atoms with Gasteiger partial charge in [0.15, 0.2) is 5.96 Å². The van der Waals surface area contributed by atoms with Gasteiger partial charge >= 0.3 is 0 Å². The highest BCUT2D eigenvalue weighted by Crippen LogP contribution is 2.21. The number of hydrogen-bond donors (Lipinski definition) is 1. The van der Waals surface area contributed by atoms with Crippen LogP contribution in [0.1, 0.15) is 26.2 Å². The van der Waals surface area contributed by atoms with Gasteiger partial charge < -0.3 is 19.7 Å². The topological polar surface area (TPSA) is 46.1 Å². The number of guanidine groups is 1. The largest absolute Gasteiger partial charge is 0.375 e. The van der Waals surface area contributed by atoms with E-state index in [-0.39, 0.29) is 36.2 Å². The maximum absolute atomic E-state index is 5.96. The van der Waals surface area contributed by atoms with Crippen LogP contribution in [0, 0.1) is 0 Å². The lowest BCUT2D eigenvalue weighted by Gasteiger charge is -2.37. The Labute approximate surface area is 184 Å². The first-order valence-corrected chi connectivity index (χ1v) is 10.8. The maximum atomic E-state index is 5.96. The van der Waals surface area contributed by atoms with Crippen LogP contribution >= 0.6 is 35.7 Å². The van der Waals surface area contributed by atoms with Gasteiger partial charge in [-0.2, -0.15) is 0 Å². The van der Waals surface area contributed by atoms with Crippen molar-refractivity contribution in [2.75, 3.05) is 45.1 Å². The van der Waals surface area contributed by atoms with Crippen molar-refractivity contribution in [1.29, 1.82) is 0 Å². The number of ether oxygens (including phenoxy) is 2. The van der Waals surface area contributed by atoms with E-state index in [0.29, 0.717) is 0 Å². The molecule has 3 rings (SSSR count). The second kappa shape index (κ2) is 12.9. The summed E-state index contributed by atoms with van der Waals surface area (Å²) in [6.45, 7) is 7.25. The minimum Gasteiger partial charge on any atom is -0.375 e. The van der Waals surface area contributed by atoms with Gasteiger partial charge in [-0.25, -0.2) is 0 Å². The molecule has 0 saturated carbocycles. The molecule has 2 aliphatic heterocycles. The number of nitrogens with one attached hydrogen (secondary N) is 1. The molecule has 2 heterocycles. The quantitative estimate of drug-likeness (QED) is 0.202. The van der Waals surface area contributed by atoms with Crippen molar-refractivity contribution >= 4 is 41.7 Å². The summed E-state index contributed by atoms with van der Waals surface area (Å²) in [5.41, 5.74) is 0. The highest BCUT2D eigenvalue weighted by atomic mass is 127. The number of aliphatic imine (C=N–C) groups is 1. The molecular weight excluding hydrogens is 473 g/mol. The summed E-state index contributed by atoms with van der Waals surface area (Å²) in [7, 11) is 0. The minimum absolute atomic E-state index is 0. The number of halogens is 1. The van der Waals surface area contributed by atoms with Crippen LogP contribution in [-0.2, 0) is 9.47 Å². The smallest absolute Gasteiger partial charge is 0.194 e. The zero-order chi connectivity index (χ0) is 18.0. The standard InChI is InChI=1S/C20H31N3O2S.HI/c1-2-21-20(22-11-7-15-26-17-8-4-3-5-9-17)23-12-14-25-19(16-23)18-10-6-13-24-18;/h3-5,8-9,18-19H,2,6-7,10-16H2,1H3,(H,21,22);1H. The summed E-state index contributed by atoms with van der Waals surface area (Å²) >= 11 is 1.90. The van der Waals surface area contributed by atoms with Gasteiger partial charge in [-0.1, -0.05) is 18.2 Å². The van der Waals surface area contributed by atoms with E-state index < -0.39 is 0 Å². The Kier molecular flexibility index (Phi) is 10.8. The molecular formula is C20H32IN3O2S. The molecule has 0 aromatic heterocycles. The molecule has 1 aromatic carbocycles. The van der Waals surface area contributed by atoms with Gasteiger partial charge in [0, 0.05) is 37.7 Å². The van der Waals surface area contributed by atoms with Crippen molar-refractivity contribution in [2.24, 2.45) is 4.99 Å². The van der Waals surface area contributed by atoms with Crippen molar-refractivity contribution in [3.63, 3.8) is 0 Å². The molecule has 0 radical (unpaired) electrons. The first-order valence-electron chi connectivity index (χ1n) is 9.81. The number of benzene rings is 1. The summed E-state index contributed by atoms with van der Waals surface area (Å²) in [6.07, 6.45) is 3.76. The molecule has 1 aromatic rings. The van der Waals surface area contributed by atoms with Crippen molar-refractivity contribution in [1.82, 2.24) is 10.2 Å². The van der Waals surface area contributed by atoms with Crippen LogP contribution in [0.4, 0.5) is 0 Å². The van der Waals surface area contributed by atoms with Crippen molar-refractivity contribution in [3.8, 4) is 0 Å². The second-order valence-corrected chi connectivity index (χ2v) is 7.83. The highest BCUT2D eigenvalue weighted by Gasteiger charge is 2.32. The predicted octanol–water partition coefficient (Wildman–Crippen LogP) is 3.63. The van der Waals surface area contributed by atoms with Crippen LogP contribution < -0.4 is 5.32 Å². The maximum Gasteiger partial charge on any atom is 0.194 e. The molecule has 0 aliphatic carbocycles. The Morgan fingerprint density at radius 1 is 1.22 bits per heavy atom. The molecule has 7 heteroatoms. The fourth-order valence-corrected chi connectivity index (χ4v) is 4.23. The third-order valence-electron chi connectivity index (χ3n) is 4.68. The number of hydrogen-bond acceptors (Lipinski definition) is 4. The lowest BCUT2D eigenvalue weighted by Crippen LogP contribution is -2.53. The van der Waals surface area contributed by atoms with E-state index in [1.54, 1.807) is 0 Å². The first kappa shape index (κ1) is 22.8. The average Bonchev–Trinajstić information content (AvgIpc) is 3.23. The van der Waals surface area contributed by atoms with Gasteiger partial charge in [0.1, 0.15) is 6.10 Å². The average molecular weight is 505 g/mol. The monoisotopic (exact) mass is 505 g/mol. The fraction of sp³-hybridized carbons (Fsp3) is 0.650. The molecule has 0 amide bonds. The van der Waals surface area contributed by atoms with Crippen LogP contribution in [0.3, 0.4) is 0 Å². The summed E-state index contributed by atoms with van der Waals surface area (Å²) in [5.74, 6) is 2.11. The number of nitrogens with zero attached hydrogens (tertiary/aromatic N) is 2. The Hall–Kier alpha value is -0.510. The number of rotatable bonds is 7. The number of morpholine rings is 1. The summed E-state index contributed by atoms with van der Waals surface area (Å²) in [4.78, 5) is 8.52. The van der Waals surface area contributed by atoms with Crippen LogP contribution in [0.15, 0.2) is 40.2 Å². The van der Waals surface area contributed by atoms with Gasteiger partial charge in [0.25, 0.3) is 0 Å². The van der Waals surface area contributed by atoms with E-state index in [9.17, 15) is 0 Å². The molecule has 2 saturated heterocycles. The van der Waals surface area contributed by atoms with Gasteiger partial charge in [-0.3, -0.25) is 4.99 Å². The molecule has 0 bridgehead atoms. The third kappa shape index (κ3) is 7.44.